The Morgan fingerprint density at radius 2 is 1.67 bits per heavy atom. The topological polar surface area (TPSA) is 95.9 Å². The van der Waals surface area contributed by atoms with Crippen molar-refractivity contribution in [2.75, 3.05) is 10.5 Å². The second-order valence-electron chi connectivity index (χ2n) is 7.50. The summed E-state index contributed by atoms with van der Waals surface area (Å²) in [6, 6.07) is 19.8. The van der Waals surface area contributed by atoms with E-state index in [9.17, 15) is 21.2 Å². The van der Waals surface area contributed by atoms with Gasteiger partial charge in [-0.25, -0.2) is 12.8 Å². The van der Waals surface area contributed by atoms with Crippen molar-refractivity contribution >= 4 is 31.4 Å². The van der Waals surface area contributed by atoms with E-state index in [1.165, 1.54) is 19.1 Å². The Hall–Kier alpha value is -3.24. The van der Waals surface area contributed by atoms with Crippen molar-refractivity contribution in [3.63, 3.8) is 0 Å². The molecule has 7 nitrogen and oxygen atoms in total. The zero-order chi connectivity index (χ0) is 23.6. The minimum Gasteiger partial charge on any atom is -0.284 e. The summed E-state index contributed by atoms with van der Waals surface area (Å²) < 4.78 is 67.6. The van der Waals surface area contributed by atoms with Gasteiger partial charge >= 0.3 is 0 Å². The number of hydrogen-bond acceptors (Lipinski definition) is 5. The summed E-state index contributed by atoms with van der Waals surface area (Å²) in [7, 11) is -7.54. The second-order valence-corrected chi connectivity index (χ2v) is 11.3. The molecule has 0 bridgehead atoms. The molecule has 0 amide bonds. The fourth-order valence-electron chi connectivity index (χ4n) is 3.54. The van der Waals surface area contributed by atoms with Crippen LogP contribution in [0.4, 0.5) is 10.1 Å². The number of nitrogens with one attached hydrogen (secondary N) is 1. The Morgan fingerprint density at radius 3 is 2.33 bits per heavy atom. The van der Waals surface area contributed by atoms with Gasteiger partial charge in [-0.2, -0.15) is 17.9 Å². The Balaban J connectivity index is 1.75. The highest BCUT2D eigenvalue weighted by Gasteiger charge is 2.37. The van der Waals surface area contributed by atoms with Crippen molar-refractivity contribution in [2.24, 2.45) is 5.10 Å². The van der Waals surface area contributed by atoms with Gasteiger partial charge in [-0.1, -0.05) is 42.5 Å². The first-order chi connectivity index (χ1) is 15.7. The highest BCUT2D eigenvalue weighted by molar-refractivity contribution is 7.92. The van der Waals surface area contributed by atoms with Gasteiger partial charge in [0, 0.05) is 12.1 Å². The van der Waals surface area contributed by atoms with Gasteiger partial charge in [-0.3, -0.25) is 4.72 Å². The molecule has 0 saturated carbocycles. The number of nitrogens with zero attached hydrogens (tertiary/aromatic N) is 2. The smallest absolute Gasteiger partial charge is 0.279 e. The van der Waals surface area contributed by atoms with Gasteiger partial charge in [-0.05, 0) is 54.4 Å². The van der Waals surface area contributed by atoms with Crippen LogP contribution >= 0.6 is 0 Å². The van der Waals surface area contributed by atoms with E-state index < -0.39 is 31.9 Å². The largest absolute Gasteiger partial charge is 0.284 e. The lowest BCUT2D eigenvalue weighted by molar-refractivity contribution is 0.371. The molecule has 3 aromatic carbocycles. The zero-order valence-electron chi connectivity index (χ0n) is 17.7. The summed E-state index contributed by atoms with van der Waals surface area (Å²) >= 11 is 0. The molecule has 1 heterocycles. The molecule has 4 rings (SSSR count). The number of sulfonamides is 2. The van der Waals surface area contributed by atoms with Crippen LogP contribution in [-0.4, -0.2) is 32.7 Å². The van der Waals surface area contributed by atoms with Crippen LogP contribution in [0.25, 0.3) is 0 Å². The third-order valence-corrected chi connectivity index (χ3v) is 8.27. The lowest BCUT2D eigenvalue weighted by atomic mass is 9.99. The van der Waals surface area contributed by atoms with Crippen molar-refractivity contribution < 1.29 is 21.2 Å². The number of rotatable bonds is 7. The standard InChI is InChI=1S/C23H22FN3O4S2/c1-2-32(28,29)26-20-10-6-9-18(15-20)22-16-23(17-7-4-3-5-8-17)27(25-22)33(30,31)21-13-11-19(24)12-14-21/h3-15,23,26H,2,16H2,1H3/t23-/m1/s1. The maximum absolute atomic E-state index is 13.4. The molecule has 1 aliphatic rings. The van der Waals surface area contributed by atoms with Crippen LogP contribution in [0, 0.1) is 5.82 Å². The Labute approximate surface area is 192 Å². The van der Waals surface area contributed by atoms with Crippen LogP contribution in [0.2, 0.25) is 0 Å². The molecule has 3 aromatic rings. The molecule has 172 valence electrons. The first kappa shape index (κ1) is 22.9. The van der Waals surface area contributed by atoms with Crippen LogP contribution in [0.1, 0.15) is 30.5 Å². The summed E-state index contributed by atoms with van der Waals surface area (Å²) in [5.41, 5.74) is 2.22. The SMILES string of the molecule is CCS(=O)(=O)Nc1cccc(C2=NN(S(=O)(=O)c3ccc(F)cc3)[C@@H](c3ccccc3)C2)c1. The highest BCUT2D eigenvalue weighted by Crippen LogP contribution is 2.37. The molecule has 0 aromatic heterocycles. The van der Waals surface area contributed by atoms with Crippen LogP contribution < -0.4 is 4.72 Å². The van der Waals surface area contributed by atoms with E-state index in [0.717, 1.165) is 22.1 Å². The molecule has 1 N–H and O–H groups in total. The van der Waals surface area contributed by atoms with E-state index in [0.29, 0.717) is 17.0 Å². The zero-order valence-corrected chi connectivity index (χ0v) is 19.4. The molecule has 0 saturated heterocycles. The molecule has 1 atom stereocenters. The van der Waals surface area contributed by atoms with E-state index in [2.05, 4.69) is 9.82 Å². The third kappa shape index (κ3) is 4.91. The molecule has 0 spiro atoms. The first-order valence-electron chi connectivity index (χ1n) is 10.2. The van der Waals surface area contributed by atoms with Crippen molar-refractivity contribution in [1.29, 1.82) is 0 Å². The number of benzene rings is 3. The molecule has 0 aliphatic carbocycles. The molecule has 0 radical (unpaired) electrons. The summed E-state index contributed by atoms with van der Waals surface area (Å²) in [6.07, 6.45) is 0.286. The van der Waals surface area contributed by atoms with Gasteiger partial charge in [0.25, 0.3) is 10.0 Å². The number of hydrogen-bond donors (Lipinski definition) is 1. The molecular formula is C23H22FN3O4S2. The van der Waals surface area contributed by atoms with Crippen molar-refractivity contribution in [2.45, 2.75) is 24.3 Å². The van der Waals surface area contributed by atoms with Crippen molar-refractivity contribution in [1.82, 2.24) is 4.41 Å². The van der Waals surface area contributed by atoms with Gasteiger partial charge in [-0.15, -0.1) is 0 Å². The number of halogens is 1. The van der Waals surface area contributed by atoms with E-state index in [1.54, 1.807) is 24.3 Å². The maximum atomic E-state index is 13.4. The average Bonchev–Trinajstić information content (AvgIpc) is 3.26. The van der Waals surface area contributed by atoms with Gasteiger partial charge in [0.05, 0.1) is 22.4 Å². The van der Waals surface area contributed by atoms with Crippen LogP contribution in [-0.2, 0) is 20.0 Å². The monoisotopic (exact) mass is 487 g/mol. The van der Waals surface area contributed by atoms with Crippen molar-refractivity contribution in [3.8, 4) is 0 Å². The third-order valence-electron chi connectivity index (χ3n) is 5.26. The first-order valence-corrected chi connectivity index (χ1v) is 13.3. The Bertz CT molecular complexity index is 1390. The number of hydrazone groups is 1. The van der Waals surface area contributed by atoms with E-state index in [1.807, 2.05) is 30.3 Å². The van der Waals surface area contributed by atoms with E-state index in [4.69, 9.17) is 0 Å². The minimum atomic E-state index is -4.07. The molecular weight excluding hydrogens is 465 g/mol. The van der Waals surface area contributed by atoms with Crippen LogP contribution in [0.5, 0.6) is 0 Å². The molecule has 1 aliphatic heterocycles. The van der Waals surface area contributed by atoms with Gasteiger partial charge in [0.1, 0.15) is 5.82 Å². The fourth-order valence-corrected chi connectivity index (χ4v) is 5.60. The highest BCUT2D eigenvalue weighted by atomic mass is 32.2. The van der Waals surface area contributed by atoms with Crippen LogP contribution in [0.15, 0.2) is 88.9 Å². The Kier molecular flexibility index (Phi) is 6.22. The Morgan fingerprint density at radius 1 is 0.970 bits per heavy atom. The lowest BCUT2D eigenvalue weighted by Gasteiger charge is -2.23. The molecule has 0 fully saturated rings. The predicted molar refractivity (Wildman–Crippen MR) is 125 cm³/mol. The molecule has 0 unspecified atom stereocenters. The number of anilines is 1. The average molecular weight is 488 g/mol. The van der Waals surface area contributed by atoms with Crippen LogP contribution in [0.3, 0.4) is 0 Å². The lowest BCUT2D eigenvalue weighted by Crippen LogP contribution is -2.27. The second kappa shape index (κ2) is 8.95. The predicted octanol–water partition coefficient (Wildman–Crippen LogP) is 4.13. The molecule has 10 heteroatoms. The van der Waals surface area contributed by atoms with Crippen molar-refractivity contribution in [3.05, 3.63) is 95.8 Å². The minimum absolute atomic E-state index is 0.0701. The normalized spacial score (nSPS) is 16.5. The summed E-state index contributed by atoms with van der Waals surface area (Å²) in [4.78, 5) is -0.0701. The van der Waals surface area contributed by atoms with E-state index in [-0.39, 0.29) is 17.1 Å². The van der Waals surface area contributed by atoms with Gasteiger partial charge in [0.15, 0.2) is 0 Å². The summed E-state index contributed by atoms with van der Waals surface area (Å²) in [6.45, 7) is 1.54. The van der Waals surface area contributed by atoms with Gasteiger partial charge in [0.2, 0.25) is 10.0 Å². The fraction of sp³-hybridized carbons (Fsp3) is 0.174. The van der Waals surface area contributed by atoms with E-state index >= 15 is 0 Å². The van der Waals surface area contributed by atoms with Gasteiger partial charge < -0.3 is 0 Å². The summed E-state index contributed by atoms with van der Waals surface area (Å²) in [5, 5.41) is 4.44. The molecule has 33 heavy (non-hydrogen) atoms. The quantitative estimate of drug-likeness (QED) is 0.542. The summed E-state index contributed by atoms with van der Waals surface area (Å²) in [5.74, 6) is -0.608. The maximum Gasteiger partial charge on any atom is 0.279 e.